The summed E-state index contributed by atoms with van der Waals surface area (Å²) in [5.41, 5.74) is 1.20. The lowest BCUT2D eigenvalue weighted by atomic mass is 9.80. The van der Waals surface area contributed by atoms with Crippen molar-refractivity contribution in [3.8, 4) is 0 Å². The number of nitrogens with one attached hydrogen (secondary N) is 1. The molecule has 0 saturated heterocycles. The average Bonchev–Trinajstić information content (AvgIpc) is 2.41. The Bertz CT molecular complexity index is 355. The molecule has 2 nitrogen and oxygen atoms in total. The van der Waals surface area contributed by atoms with Crippen molar-refractivity contribution in [3.05, 3.63) is 15.6 Å². The molecule has 1 fully saturated rings. The van der Waals surface area contributed by atoms with Crippen LogP contribution >= 0.6 is 11.3 Å². The monoisotopic (exact) mass is 238 g/mol. The molecule has 1 saturated carbocycles. The van der Waals surface area contributed by atoms with Crippen molar-refractivity contribution in [2.75, 3.05) is 0 Å². The molecule has 90 valence electrons. The fraction of sp³-hybridized carbons (Fsp3) is 0.769. The van der Waals surface area contributed by atoms with Gasteiger partial charge in [0.1, 0.15) is 0 Å². The van der Waals surface area contributed by atoms with Crippen LogP contribution in [0.1, 0.15) is 54.7 Å². The quantitative estimate of drug-likeness (QED) is 0.867. The van der Waals surface area contributed by atoms with Gasteiger partial charge in [0.25, 0.3) is 0 Å². The Morgan fingerprint density at radius 1 is 1.31 bits per heavy atom. The predicted octanol–water partition coefficient (Wildman–Crippen LogP) is 3.60. The Balaban J connectivity index is 1.96. The summed E-state index contributed by atoms with van der Waals surface area (Å²) in [6.45, 7) is 8.78. The molecule has 2 atom stereocenters. The van der Waals surface area contributed by atoms with Crippen molar-refractivity contribution in [2.45, 2.75) is 59.0 Å². The van der Waals surface area contributed by atoms with E-state index in [1.54, 1.807) is 0 Å². The molecule has 1 aliphatic rings. The summed E-state index contributed by atoms with van der Waals surface area (Å²) in [6.07, 6.45) is 4.23. The Labute approximate surface area is 102 Å². The molecule has 0 radical (unpaired) electrons. The van der Waals surface area contributed by atoms with Crippen molar-refractivity contribution in [1.29, 1.82) is 0 Å². The van der Waals surface area contributed by atoms with Crippen molar-refractivity contribution < 1.29 is 0 Å². The number of hydrogen-bond acceptors (Lipinski definition) is 3. The summed E-state index contributed by atoms with van der Waals surface area (Å²) in [5, 5.41) is 4.90. The van der Waals surface area contributed by atoms with Crippen LogP contribution in [0.2, 0.25) is 0 Å². The Morgan fingerprint density at radius 3 is 2.44 bits per heavy atom. The first-order chi connectivity index (χ1) is 7.58. The minimum Gasteiger partial charge on any atom is -0.307 e. The lowest BCUT2D eigenvalue weighted by molar-refractivity contribution is 0.230. The predicted molar refractivity (Wildman–Crippen MR) is 69.9 cm³/mol. The zero-order chi connectivity index (χ0) is 11.7. The molecule has 0 bridgehead atoms. The van der Waals surface area contributed by atoms with E-state index in [2.05, 4.69) is 38.0 Å². The van der Waals surface area contributed by atoms with Crippen molar-refractivity contribution in [1.82, 2.24) is 10.3 Å². The molecular formula is C13H22N2S. The smallest absolute Gasteiger partial charge is 0.0900 e. The van der Waals surface area contributed by atoms with Crippen molar-refractivity contribution in [2.24, 2.45) is 5.92 Å². The Hall–Kier alpha value is -0.410. The van der Waals surface area contributed by atoms with Gasteiger partial charge in [0.15, 0.2) is 0 Å². The molecule has 16 heavy (non-hydrogen) atoms. The molecule has 1 aromatic heterocycles. The summed E-state index contributed by atoms with van der Waals surface area (Å²) < 4.78 is 0. The SMILES string of the molecule is Cc1nc(C)c(C(C)NC(C)C2CCC2)s1. The molecule has 0 spiro atoms. The molecule has 1 heterocycles. The zero-order valence-electron chi connectivity index (χ0n) is 10.7. The second kappa shape index (κ2) is 4.84. The molecule has 0 aliphatic heterocycles. The fourth-order valence-corrected chi connectivity index (χ4v) is 3.43. The van der Waals surface area contributed by atoms with E-state index in [1.807, 2.05) is 11.3 Å². The summed E-state index contributed by atoms with van der Waals surface area (Å²) >= 11 is 1.83. The molecule has 3 heteroatoms. The van der Waals surface area contributed by atoms with Crippen molar-refractivity contribution >= 4 is 11.3 Å². The van der Waals surface area contributed by atoms with Crippen LogP contribution in [0.25, 0.3) is 0 Å². The minimum atomic E-state index is 0.446. The van der Waals surface area contributed by atoms with Gasteiger partial charge in [0, 0.05) is 17.0 Å². The van der Waals surface area contributed by atoms with Gasteiger partial charge >= 0.3 is 0 Å². The third-order valence-electron chi connectivity index (χ3n) is 3.70. The van der Waals surface area contributed by atoms with Crippen LogP contribution in [0.3, 0.4) is 0 Å². The van der Waals surface area contributed by atoms with Crippen molar-refractivity contribution in [3.63, 3.8) is 0 Å². The van der Waals surface area contributed by atoms with Gasteiger partial charge in [-0.2, -0.15) is 0 Å². The van der Waals surface area contributed by atoms with Gasteiger partial charge in [-0.05, 0) is 46.5 Å². The van der Waals surface area contributed by atoms with Crippen LogP contribution in [0, 0.1) is 19.8 Å². The van der Waals surface area contributed by atoms with Gasteiger partial charge in [-0.25, -0.2) is 4.98 Å². The summed E-state index contributed by atoms with van der Waals surface area (Å²) in [5.74, 6) is 0.900. The topological polar surface area (TPSA) is 24.9 Å². The molecule has 2 unspecified atom stereocenters. The molecule has 1 N–H and O–H groups in total. The van der Waals surface area contributed by atoms with Crippen LogP contribution in [-0.2, 0) is 0 Å². The van der Waals surface area contributed by atoms with E-state index in [0.29, 0.717) is 12.1 Å². The van der Waals surface area contributed by atoms with E-state index in [0.717, 1.165) is 5.92 Å². The van der Waals surface area contributed by atoms with E-state index >= 15 is 0 Å². The highest BCUT2D eigenvalue weighted by atomic mass is 32.1. The zero-order valence-corrected chi connectivity index (χ0v) is 11.5. The molecule has 0 amide bonds. The van der Waals surface area contributed by atoms with Gasteiger partial charge in [-0.15, -0.1) is 11.3 Å². The van der Waals surface area contributed by atoms with E-state index in [9.17, 15) is 0 Å². The number of thiazole rings is 1. The number of hydrogen-bond donors (Lipinski definition) is 1. The largest absolute Gasteiger partial charge is 0.307 e. The van der Waals surface area contributed by atoms with Crippen LogP contribution in [0.4, 0.5) is 0 Å². The maximum atomic E-state index is 4.50. The lowest BCUT2D eigenvalue weighted by Crippen LogP contribution is -2.38. The minimum absolute atomic E-state index is 0.446. The van der Waals surface area contributed by atoms with Crippen LogP contribution in [-0.4, -0.2) is 11.0 Å². The number of aromatic nitrogens is 1. The van der Waals surface area contributed by atoms with Gasteiger partial charge in [0.2, 0.25) is 0 Å². The maximum Gasteiger partial charge on any atom is 0.0900 e. The maximum absolute atomic E-state index is 4.50. The third-order valence-corrected chi connectivity index (χ3v) is 4.96. The standard InChI is InChI=1S/C13H22N2S/c1-8(12-6-5-7-12)14-9(2)13-10(3)15-11(4)16-13/h8-9,12,14H,5-7H2,1-4H3. The highest BCUT2D eigenvalue weighted by Gasteiger charge is 2.25. The molecule has 2 rings (SSSR count). The Kier molecular flexibility index (Phi) is 3.65. The molecular weight excluding hydrogens is 216 g/mol. The number of nitrogens with zero attached hydrogens (tertiary/aromatic N) is 1. The highest BCUT2D eigenvalue weighted by molar-refractivity contribution is 7.11. The first kappa shape index (κ1) is 12.1. The second-order valence-corrected chi connectivity index (χ2v) is 6.29. The van der Waals surface area contributed by atoms with E-state index in [4.69, 9.17) is 0 Å². The lowest BCUT2D eigenvalue weighted by Gasteiger charge is -2.33. The first-order valence-electron chi connectivity index (χ1n) is 6.28. The third kappa shape index (κ3) is 2.46. The molecule has 1 aliphatic carbocycles. The molecule has 0 aromatic carbocycles. The van der Waals surface area contributed by atoms with Gasteiger partial charge in [-0.3, -0.25) is 0 Å². The average molecular weight is 238 g/mol. The van der Waals surface area contributed by atoms with Crippen LogP contribution < -0.4 is 5.32 Å². The second-order valence-electron chi connectivity index (χ2n) is 5.05. The van der Waals surface area contributed by atoms with Crippen LogP contribution in [0.5, 0.6) is 0 Å². The van der Waals surface area contributed by atoms with Crippen LogP contribution in [0.15, 0.2) is 0 Å². The normalized spacial score (nSPS) is 20.5. The number of rotatable bonds is 4. The Morgan fingerprint density at radius 2 is 2.00 bits per heavy atom. The first-order valence-corrected chi connectivity index (χ1v) is 7.09. The summed E-state index contributed by atoms with van der Waals surface area (Å²) in [6, 6.07) is 1.09. The summed E-state index contributed by atoms with van der Waals surface area (Å²) in [4.78, 5) is 5.90. The molecule has 1 aromatic rings. The highest BCUT2D eigenvalue weighted by Crippen LogP contribution is 2.31. The van der Waals surface area contributed by atoms with E-state index in [1.165, 1.54) is 34.8 Å². The number of aryl methyl sites for hydroxylation is 2. The van der Waals surface area contributed by atoms with Gasteiger partial charge in [0.05, 0.1) is 10.7 Å². The van der Waals surface area contributed by atoms with E-state index < -0.39 is 0 Å². The van der Waals surface area contributed by atoms with Gasteiger partial charge < -0.3 is 5.32 Å². The van der Waals surface area contributed by atoms with E-state index in [-0.39, 0.29) is 0 Å². The van der Waals surface area contributed by atoms with Gasteiger partial charge in [-0.1, -0.05) is 6.42 Å². The fourth-order valence-electron chi connectivity index (χ4n) is 2.49. The summed E-state index contributed by atoms with van der Waals surface area (Å²) in [7, 11) is 0.